The summed E-state index contributed by atoms with van der Waals surface area (Å²) in [6, 6.07) is 6.53. The minimum Gasteiger partial charge on any atom is -0.394 e. The largest absolute Gasteiger partial charge is 0.394 e. The highest BCUT2D eigenvalue weighted by atomic mass is 16.6. The molecule has 0 aliphatic heterocycles. The fraction of sp³-hybridized carbons (Fsp3) is 0.500. The molecule has 0 amide bonds. The van der Waals surface area contributed by atoms with Crippen molar-refractivity contribution >= 4 is 11.4 Å². The third-order valence-electron chi connectivity index (χ3n) is 3.33. The van der Waals surface area contributed by atoms with E-state index in [9.17, 15) is 15.2 Å². The van der Waals surface area contributed by atoms with Crippen LogP contribution in [0.1, 0.15) is 19.8 Å². The average Bonchev–Trinajstić information content (AvgIpc) is 3.13. The molecule has 1 aliphatic carbocycles. The van der Waals surface area contributed by atoms with Crippen molar-refractivity contribution in [3.05, 3.63) is 34.4 Å². The van der Waals surface area contributed by atoms with Crippen LogP contribution in [0.4, 0.5) is 11.4 Å². The van der Waals surface area contributed by atoms with Crippen molar-refractivity contribution in [1.29, 1.82) is 0 Å². The quantitative estimate of drug-likeness (QED) is 0.606. The zero-order valence-electron chi connectivity index (χ0n) is 9.72. The second kappa shape index (κ2) is 4.33. The third kappa shape index (κ3) is 2.39. The molecule has 1 aromatic carbocycles. The van der Waals surface area contributed by atoms with Crippen LogP contribution in [0.15, 0.2) is 24.3 Å². The molecule has 1 atom stereocenters. The van der Waals surface area contributed by atoms with Crippen molar-refractivity contribution in [3.8, 4) is 0 Å². The maximum Gasteiger partial charge on any atom is 0.292 e. The predicted molar refractivity (Wildman–Crippen MR) is 64.9 cm³/mol. The van der Waals surface area contributed by atoms with Crippen LogP contribution in [0.5, 0.6) is 0 Å². The highest BCUT2D eigenvalue weighted by molar-refractivity contribution is 5.62. The van der Waals surface area contributed by atoms with Crippen LogP contribution in [-0.4, -0.2) is 22.2 Å². The molecule has 0 saturated heterocycles. The first-order valence-corrected chi connectivity index (χ1v) is 5.69. The Morgan fingerprint density at radius 2 is 2.18 bits per heavy atom. The van der Waals surface area contributed by atoms with Gasteiger partial charge in [-0.15, -0.1) is 0 Å². The Morgan fingerprint density at radius 1 is 1.53 bits per heavy atom. The molecule has 17 heavy (non-hydrogen) atoms. The molecule has 5 nitrogen and oxygen atoms in total. The van der Waals surface area contributed by atoms with Crippen molar-refractivity contribution < 1.29 is 10.0 Å². The van der Waals surface area contributed by atoms with Gasteiger partial charge >= 0.3 is 0 Å². The van der Waals surface area contributed by atoms with Gasteiger partial charge in [-0.3, -0.25) is 10.1 Å². The normalized spacial score (nSPS) is 18.5. The number of hydrogen-bond acceptors (Lipinski definition) is 4. The Balaban J connectivity index is 2.25. The summed E-state index contributed by atoms with van der Waals surface area (Å²) in [5.41, 5.74) is 0.0559. The van der Waals surface area contributed by atoms with E-state index in [1.165, 1.54) is 6.07 Å². The zero-order chi connectivity index (χ0) is 12.5. The molecule has 92 valence electrons. The first-order valence-electron chi connectivity index (χ1n) is 5.69. The fourth-order valence-corrected chi connectivity index (χ4v) is 2.04. The number of hydrogen-bond donors (Lipinski definition) is 2. The van der Waals surface area contributed by atoms with Gasteiger partial charge in [-0.05, 0) is 31.7 Å². The summed E-state index contributed by atoms with van der Waals surface area (Å²) in [6.07, 6.45) is 2.12. The Morgan fingerprint density at radius 3 is 2.71 bits per heavy atom. The van der Waals surface area contributed by atoms with E-state index in [0.29, 0.717) is 11.6 Å². The lowest BCUT2D eigenvalue weighted by molar-refractivity contribution is -0.384. The van der Waals surface area contributed by atoms with E-state index >= 15 is 0 Å². The van der Waals surface area contributed by atoms with Crippen molar-refractivity contribution in [1.82, 2.24) is 0 Å². The van der Waals surface area contributed by atoms with Crippen molar-refractivity contribution in [2.45, 2.75) is 25.3 Å². The van der Waals surface area contributed by atoms with Gasteiger partial charge in [0.05, 0.1) is 17.1 Å². The number of anilines is 1. The summed E-state index contributed by atoms with van der Waals surface area (Å²) in [5.74, 6) is 0.396. The standard InChI is InChI=1S/C12H16N2O3/c1-12(8-15,9-6-7-9)13-10-4-2-3-5-11(10)14(16)17/h2-5,9,13,15H,6-8H2,1H3. The molecule has 1 aromatic rings. The van der Waals surface area contributed by atoms with Gasteiger partial charge in [0, 0.05) is 6.07 Å². The van der Waals surface area contributed by atoms with Gasteiger partial charge in [-0.1, -0.05) is 12.1 Å². The van der Waals surface area contributed by atoms with Gasteiger partial charge in [0.25, 0.3) is 5.69 Å². The van der Waals surface area contributed by atoms with Gasteiger partial charge in [-0.25, -0.2) is 0 Å². The van der Waals surface area contributed by atoms with Gasteiger partial charge < -0.3 is 10.4 Å². The second-order valence-electron chi connectivity index (χ2n) is 4.75. The smallest absolute Gasteiger partial charge is 0.292 e. The maximum absolute atomic E-state index is 10.9. The highest BCUT2D eigenvalue weighted by Crippen LogP contribution is 2.42. The number of nitro groups is 1. The Kier molecular flexibility index (Phi) is 3.02. The van der Waals surface area contributed by atoms with Crippen LogP contribution >= 0.6 is 0 Å². The molecule has 0 radical (unpaired) electrons. The average molecular weight is 236 g/mol. The van der Waals surface area contributed by atoms with E-state index in [4.69, 9.17) is 0 Å². The molecule has 1 aliphatic rings. The van der Waals surface area contributed by atoms with E-state index in [-0.39, 0.29) is 12.3 Å². The Labute approximate surface area is 99.6 Å². The fourth-order valence-electron chi connectivity index (χ4n) is 2.04. The summed E-state index contributed by atoms with van der Waals surface area (Å²) in [5, 5.41) is 23.5. The maximum atomic E-state index is 10.9. The van der Waals surface area contributed by atoms with Gasteiger partial charge in [0.1, 0.15) is 5.69 Å². The number of nitrogens with zero attached hydrogens (tertiary/aromatic N) is 1. The van der Waals surface area contributed by atoms with E-state index in [2.05, 4.69) is 5.32 Å². The monoisotopic (exact) mass is 236 g/mol. The summed E-state index contributed by atoms with van der Waals surface area (Å²) in [6.45, 7) is 1.88. The van der Waals surface area contributed by atoms with E-state index in [1.807, 2.05) is 6.92 Å². The zero-order valence-corrected chi connectivity index (χ0v) is 9.72. The molecule has 0 bridgehead atoms. The number of aliphatic hydroxyl groups is 1. The lowest BCUT2D eigenvalue weighted by atomic mass is 9.96. The van der Waals surface area contributed by atoms with Crippen LogP contribution < -0.4 is 5.32 Å². The van der Waals surface area contributed by atoms with Crippen LogP contribution in [0.25, 0.3) is 0 Å². The number of rotatable bonds is 5. The SMILES string of the molecule is CC(CO)(Nc1ccccc1[N+](=O)[O-])C1CC1. The van der Waals surface area contributed by atoms with Crippen LogP contribution in [0.2, 0.25) is 0 Å². The molecule has 2 N–H and O–H groups in total. The number of para-hydroxylation sites is 2. The third-order valence-corrected chi connectivity index (χ3v) is 3.33. The highest BCUT2D eigenvalue weighted by Gasteiger charge is 2.41. The van der Waals surface area contributed by atoms with Crippen molar-refractivity contribution in [3.63, 3.8) is 0 Å². The predicted octanol–water partition coefficient (Wildman–Crippen LogP) is 2.17. The van der Waals surface area contributed by atoms with Gasteiger partial charge in [0.2, 0.25) is 0 Å². The van der Waals surface area contributed by atoms with Crippen LogP contribution in [0.3, 0.4) is 0 Å². The van der Waals surface area contributed by atoms with Gasteiger partial charge in [0.15, 0.2) is 0 Å². The van der Waals surface area contributed by atoms with Crippen molar-refractivity contribution in [2.24, 2.45) is 5.92 Å². The van der Waals surface area contributed by atoms with Gasteiger partial charge in [-0.2, -0.15) is 0 Å². The molecular weight excluding hydrogens is 220 g/mol. The summed E-state index contributed by atoms with van der Waals surface area (Å²) < 4.78 is 0. The van der Waals surface area contributed by atoms with E-state index < -0.39 is 10.5 Å². The lowest BCUT2D eigenvalue weighted by Crippen LogP contribution is -2.41. The van der Waals surface area contributed by atoms with E-state index in [1.54, 1.807) is 18.2 Å². The Hall–Kier alpha value is -1.62. The topological polar surface area (TPSA) is 75.4 Å². The lowest BCUT2D eigenvalue weighted by Gasteiger charge is -2.29. The van der Waals surface area contributed by atoms with Crippen LogP contribution in [-0.2, 0) is 0 Å². The summed E-state index contributed by atoms with van der Waals surface area (Å²) in [7, 11) is 0. The number of nitro benzene ring substituents is 1. The Bertz CT molecular complexity index is 432. The molecule has 0 aromatic heterocycles. The second-order valence-corrected chi connectivity index (χ2v) is 4.75. The molecule has 2 rings (SSSR count). The molecule has 1 fully saturated rings. The number of benzene rings is 1. The first kappa shape index (κ1) is 11.9. The molecule has 0 spiro atoms. The number of aliphatic hydroxyl groups excluding tert-OH is 1. The summed E-state index contributed by atoms with van der Waals surface area (Å²) >= 11 is 0. The van der Waals surface area contributed by atoms with Crippen LogP contribution in [0, 0.1) is 16.0 Å². The minimum atomic E-state index is -0.466. The molecule has 1 saturated carbocycles. The summed E-state index contributed by atoms with van der Waals surface area (Å²) in [4.78, 5) is 10.5. The van der Waals surface area contributed by atoms with Crippen molar-refractivity contribution in [2.75, 3.05) is 11.9 Å². The molecule has 1 unspecified atom stereocenters. The number of nitrogens with one attached hydrogen (secondary N) is 1. The molecular formula is C12H16N2O3. The molecule has 0 heterocycles. The minimum absolute atomic E-state index is 0.0241. The first-order chi connectivity index (χ1) is 8.07. The molecule has 5 heteroatoms. The van der Waals surface area contributed by atoms with E-state index in [0.717, 1.165) is 12.8 Å².